The second kappa shape index (κ2) is 8.83. The van der Waals surface area contributed by atoms with E-state index in [1.165, 1.54) is 23.9 Å². The van der Waals surface area contributed by atoms with Gasteiger partial charge >= 0.3 is 0 Å². The second-order valence-electron chi connectivity index (χ2n) is 8.49. The van der Waals surface area contributed by atoms with Crippen LogP contribution in [0.15, 0.2) is 41.7 Å². The van der Waals surface area contributed by atoms with Gasteiger partial charge in [-0.05, 0) is 49.3 Å². The number of alkyl halides is 1. The molecule has 0 radical (unpaired) electrons. The number of phenols is 1. The molecular formula is C23H24F2N6OS. The van der Waals surface area contributed by atoms with Crippen molar-refractivity contribution in [3.05, 3.63) is 42.5 Å². The molecule has 0 saturated carbocycles. The number of aromatic hydroxyl groups is 1. The highest BCUT2D eigenvalue weighted by molar-refractivity contribution is 7.98. The molecule has 2 N–H and O–H groups in total. The molecule has 172 valence electrons. The standard InChI is InChI=1S/C23H24F2N6OS/c1-31(18-9-14-4-6-17(28-14)21(18)25)20-11-26-22(30-29-20)15-5-3-12(8-19(15)32)13-7-16(24)23(33-2)27-10-13/h3,5,7-8,10-11,14,17-18,21,28,32H,4,6,9H2,1-2H3/t14-,17-,18-,21+/m0/s1. The zero-order valence-corrected chi connectivity index (χ0v) is 19.1. The van der Waals surface area contributed by atoms with Crippen LogP contribution in [0.1, 0.15) is 19.3 Å². The summed E-state index contributed by atoms with van der Waals surface area (Å²) in [5.74, 6) is 0.274. The van der Waals surface area contributed by atoms with Crippen molar-refractivity contribution in [2.45, 2.75) is 48.6 Å². The molecule has 2 aliphatic rings. The first kappa shape index (κ1) is 22.0. The van der Waals surface area contributed by atoms with Gasteiger partial charge < -0.3 is 15.3 Å². The highest BCUT2D eigenvalue weighted by Gasteiger charge is 2.43. The summed E-state index contributed by atoms with van der Waals surface area (Å²) < 4.78 is 29.0. The second-order valence-corrected chi connectivity index (χ2v) is 9.29. The zero-order chi connectivity index (χ0) is 23.1. The van der Waals surface area contributed by atoms with E-state index in [1.54, 1.807) is 30.8 Å². The summed E-state index contributed by atoms with van der Waals surface area (Å²) >= 11 is 1.23. The summed E-state index contributed by atoms with van der Waals surface area (Å²) in [7, 11) is 1.81. The molecule has 3 aromatic rings. The SMILES string of the molecule is CSc1ncc(-c2ccc(-c3ncc(N(C)[C@H]4C[C@@H]5CC[C@H](N5)[C@H]4F)nn3)c(O)c2)cc1F. The van der Waals surface area contributed by atoms with Crippen molar-refractivity contribution in [3.8, 4) is 28.3 Å². The Morgan fingerprint density at radius 1 is 1.12 bits per heavy atom. The first-order chi connectivity index (χ1) is 15.9. The van der Waals surface area contributed by atoms with Crippen molar-refractivity contribution in [2.24, 2.45) is 0 Å². The van der Waals surface area contributed by atoms with Crippen LogP contribution < -0.4 is 10.2 Å². The average molecular weight is 471 g/mol. The minimum Gasteiger partial charge on any atom is -0.507 e. The number of thioether (sulfide) groups is 1. The number of benzene rings is 1. The summed E-state index contributed by atoms with van der Waals surface area (Å²) in [6, 6.07) is 6.27. The van der Waals surface area contributed by atoms with Crippen molar-refractivity contribution in [1.82, 2.24) is 25.5 Å². The van der Waals surface area contributed by atoms with Gasteiger partial charge in [-0.3, -0.25) is 0 Å². The summed E-state index contributed by atoms with van der Waals surface area (Å²) in [6.45, 7) is 0. The molecule has 0 aliphatic carbocycles. The number of hydrogen-bond acceptors (Lipinski definition) is 8. The molecule has 1 aromatic carbocycles. The normalized spacial score (nSPS) is 24.1. The van der Waals surface area contributed by atoms with Gasteiger partial charge in [0.05, 0.1) is 17.8 Å². The summed E-state index contributed by atoms with van der Waals surface area (Å²) in [6.07, 6.45) is 6.47. The Balaban J connectivity index is 1.35. The van der Waals surface area contributed by atoms with Gasteiger partial charge in [-0.1, -0.05) is 6.07 Å². The smallest absolute Gasteiger partial charge is 0.185 e. The molecule has 0 unspecified atom stereocenters. The van der Waals surface area contributed by atoms with Crippen LogP contribution in [-0.2, 0) is 0 Å². The molecule has 4 heterocycles. The number of phenolic OH excluding ortho intramolecular Hbond substituents is 1. The maximum absolute atomic E-state index is 14.9. The van der Waals surface area contributed by atoms with Crippen LogP contribution in [0, 0.1) is 5.82 Å². The van der Waals surface area contributed by atoms with Crippen molar-refractivity contribution in [2.75, 3.05) is 18.2 Å². The molecule has 0 amide bonds. The molecule has 2 saturated heterocycles. The van der Waals surface area contributed by atoms with Crippen molar-refractivity contribution >= 4 is 17.6 Å². The van der Waals surface area contributed by atoms with Crippen LogP contribution in [0.25, 0.3) is 22.5 Å². The number of nitrogens with zero attached hydrogens (tertiary/aromatic N) is 5. The molecule has 2 aromatic heterocycles. The predicted molar refractivity (Wildman–Crippen MR) is 124 cm³/mol. The van der Waals surface area contributed by atoms with Gasteiger partial charge in [0.1, 0.15) is 16.9 Å². The van der Waals surface area contributed by atoms with Crippen LogP contribution in [0.2, 0.25) is 0 Å². The number of anilines is 1. The summed E-state index contributed by atoms with van der Waals surface area (Å²) in [5.41, 5.74) is 1.58. The van der Waals surface area contributed by atoms with Crippen LogP contribution in [-0.4, -0.2) is 62.9 Å². The molecular weight excluding hydrogens is 446 g/mol. The van der Waals surface area contributed by atoms with Crippen LogP contribution in [0.3, 0.4) is 0 Å². The average Bonchev–Trinajstić information content (AvgIpc) is 3.24. The lowest BCUT2D eigenvalue weighted by atomic mass is 9.96. The van der Waals surface area contributed by atoms with E-state index in [1.807, 2.05) is 11.9 Å². The fourth-order valence-electron chi connectivity index (χ4n) is 4.71. The number of rotatable bonds is 5. The molecule has 33 heavy (non-hydrogen) atoms. The van der Waals surface area contributed by atoms with E-state index < -0.39 is 12.0 Å². The fourth-order valence-corrected chi connectivity index (χ4v) is 5.12. The van der Waals surface area contributed by atoms with Gasteiger partial charge in [0.2, 0.25) is 0 Å². The van der Waals surface area contributed by atoms with Gasteiger partial charge in [-0.15, -0.1) is 22.0 Å². The Labute approximate surface area is 194 Å². The first-order valence-corrected chi connectivity index (χ1v) is 12.0. The molecule has 4 atom stereocenters. The van der Waals surface area contributed by atoms with Crippen LogP contribution in [0.5, 0.6) is 5.75 Å². The van der Waals surface area contributed by atoms with E-state index in [4.69, 9.17) is 0 Å². The quantitative estimate of drug-likeness (QED) is 0.544. The minimum atomic E-state index is -0.976. The van der Waals surface area contributed by atoms with Crippen LogP contribution >= 0.6 is 11.8 Å². The number of aromatic nitrogens is 4. The fraction of sp³-hybridized carbons (Fsp3) is 0.391. The third-order valence-electron chi connectivity index (χ3n) is 6.53. The van der Waals surface area contributed by atoms with Gasteiger partial charge in [-0.2, -0.15) is 0 Å². The molecule has 7 nitrogen and oxygen atoms in total. The molecule has 2 bridgehead atoms. The van der Waals surface area contributed by atoms with E-state index in [-0.39, 0.29) is 23.7 Å². The highest BCUT2D eigenvalue weighted by Crippen LogP contribution is 2.34. The molecule has 2 aliphatic heterocycles. The lowest BCUT2D eigenvalue weighted by molar-refractivity contribution is 0.176. The molecule has 2 fully saturated rings. The lowest BCUT2D eigenvalue weighted by Gasteiger charge is -2.38. The van der Waals surface area contributed by atoms with Gasteiger partial charge in [0, 0.05) is 30.9 Å². The lowest BCUT2D eigenvalue weighted by Crippen LogP contribution is -2.55. The Morgan fingerprint density at radius 2 is 1.97 bits per heavy atom. The highest BCUT2D eigenvalue weighted by atomic mass is 32.2. The third-order valence-corrected chi connectivity index (χ3v) is 7.22. The van der Waals surface area contributed by atoms with E-state index in [2.05, 4.69) is 25.5 Å². The van der Waals surface area contributed by atoms with E-state index in [9.17, 15) is 13.9 Å². The number of nitrogens with one attached hydrogen (secondary N) is 1. The number of halogens is 2. The summed E-state index contributed by atoms with van der Waals surface area (Å²) in [4.78, 5) is 10.3. The Hall–Kier alpha value is -2.85. The number of pyridine rings is 1. The van der Waals surface area contributed by atoms with Crippen molar-refractivity contribution < 1.29 is 13.9 Å². The molecule has 5 rings (SSSR count). The van der Waals surface area contributed by atoms with Crippen molar-refractivity contribution in [3.63, 3.8) is 0 Å². The van der Waals surface area contributed by atoms with E-state index in [0.717, 1.165) is 12.8 Å². The topological polar surface area (TPSA) is 87.1 Å². The van der Waals surface area contributed by atoms with E-state index >= 15 is 0 Å². The predicted octanol–water partition coefficient (Wildman–Crippen LogP) is 3.83. The molecule has 0 spiro atoms. The van der Waals surface area contributed by atoms with Gasteiger partial charge in [0.15, 0.2) is 17.5 Å². The maximum Gasteiger partial charge on any atom is 0.185 e. The van der Waals surface area contributed by atoms with E-state index in [0.29, 0.717) is 40.0 Å². The summed E-state index contributed by atoms with van der Waals surface area (Å²) in [5, 5.41) is 22.6. The number of fused-ring (bicyclic) bond motifs is 2. The minimum absolute atomic E-state index is 0.0523. The van der Waals surface area contributed by atoms with Gasteiger partial charge in [0.25, 0.3) is 0 Å². The third kappa shape index (κ3) is 4.13. The largest absolute Gasteiger partial charge is 0.507 e. The first-order valence-electron chi connectivity index (χ1n) is 10.8. The Bertz CT molecular complexity index is 1160. The number of hydrogen-bond donors (Lipinski definition) is 2. The Morgan fingerprint density at radius 3 is 2.67 bits per heavy atom. The Kier molecular flexibility index (Phi) is 5.88. The monoisotopic (exact) mass is 470 g/mol. The van der Waals surface area contributed by atoms with Crippen molar-refractivity contribution in [1.29, 1.82) is 0 Å². The maximum atomic E-state index is 14.9. The zero-order valence-electron chi connectivity index (χ0n) is 18.2. The molecule has 10 heteroatoms. The number of piperidine rings is 1. The van der Waals surface area contributed by atoms with Crippen LogP contribution in [0.4, 0.5) is 14.6 Å². The van der Waals surface area contributed by atoms with Gasteiger partial charge in [-0.25, -0.2) is 18.7 Å².